The van der Waals surface area contributed by atoms with Crippen LogP contribution in [0.4, 0.5) is 17.1 Å². The highest BCUT2D eigenvalue weighted by Crippen LogP contribution is 2.26. The number of nitrogens with one attached hydrogen (secondary N) is 2. The average molecular weight is 598 g/mol. The molecule has 0 bridgehead atoms. The van der Waals surface area contributed by atoms with Crippen LogP contribution >= 0.6 is 11.6 Å². The molecule has 0 aliphatic heterocycles. The van der Waals surface area contributed by atoms with Crippen molar-refractivity contribution >= 4 is 54.6 Å². The van der Waals surface area contributed by atoms with E-state index < -0.39 is 26.0 Å². The number of hydrogen-bond acceptors (Lipinski definition) is 5. The molecule has 0 fully saturated rings. The monoisotopic (exact) mass is 597 g/mol. The molecule has 40 heavy (non-hydrogen) atoms. The molecule has 4 rings (SSSR count). The van der Waals surface area contributed by atoms with E-state index in [1.807, 2.05) is 26.0 Å². The third kappa shape index (κ3) is 7.01. The summed E-state index contributed by atoms with van der Waals surface area (Å²) in [5.41, 5.74) is 3.95. The molecule has 0 aromatic heterocycles. The molecule has 0 radical (unpaired) electrons. The van der Waals surface area contributed by atoms with Gasteiger partial charge in [0.1, 0.15) is 0 Å². The topological polar surface area (TPSA) is 113 Å². The van der Waals surface area contributed by atoms with Crippen molar-refractivity contribution in [1.82, 2.24) is 0 Å². The van der Waals surface area contributed by atoms with Gasteiger partial charge in [0, 0.05) is 16.3 Å². The molecule has 208 valence electrons. The molecule has 2 N–H and O–H groups in total. The minimum absolute atomic E-state index is 0.0393. The van der Waals surface area contributed by atoms with Crippen molar-refractivity contribution in [2.75, 3.05) is 20.6 Å². The minimum Gasteiger partial charge on any atom is -0.322 e. The van der Waals surface area contributed by atoms with E-state index in [2.05, 4.69) is 10.0 Å². The van der Waals surface area contributed by atoms with E-state index in [0.29, 0.717) is 33.2 Å². The third-order valence-electron chi connectivity index (χ3n) is 6.15. The van der Waals surface area contributed by atoms with E-state index in [0.717, 1.165) is 17.4 Å². The van der Waals surface area contributed by atoms with Crippen molar-refractivity contribution in [3.8, 4) is 0 Å². The summed E-state index contributed by atoms with van der Waals surface area (Å²) in [6, 6.07) is 24.4. The zero-order chi connectivity index (χ0) is 29.1. The maximum Gasteiger partial charge on any atom is 0.261 e. The summed E-state index contributed by atoms with van der Waals surface area (Å²) >= 11 is 6.22. The van der Waals surface area contributed by atoms with Gasteiger partial charge in [-0.2, -0.15) is 0 Å². The predicted octanol–water partition coefficient (Wildman–Crippen LogP) is 5.98. The summed E-state index contributed by atoms with van der Waals surface area (Å²) in [5, 5.41) is 3.18. The SMILES string of the molecule is Cc1ccc(C)c(NS(=O)(=O)c2ccc(NC(=O)c3ccc(N(Cc4ccccc4Cl)S(C)(=O)=O)cc3)cc2)c1. The van der Waals surface area contributed by atoms with Gasteiger partial charge in [-0.05, 0) is 91.2 Å². The quantitative estimate of drug-likeness (QED) is 0.247. The molecule has 0 saturated carbocycles. The van der Waals surface area contributed by atoms with Crippen LogP contribution < -0.4 is 14.3 Å². The molecule has 1 amide bonds. The Morgan fingerprint density at radius 1 is 0.850 bits per heavy atom. The van der Waals surface area contributed by atoms with Gasteiger partial charge in [-0.3, -0.25) is 13.8 Å². The highest BCUT2D eigenvalue weighted by atomic mass is 35.5. The van der Waals surface area contributed by atoms with Gasteiger partial charge in [0.25, 0.3) is 15.9 Å². The third-order valence-corrected chi connectivity index (χ3v) is 9.04. The fourth-order valence-electron chi connectivity index (χ4n) is 3.93. The second-order valence-corrected chi connectivity index (χ2v) is 13.3. The van der Waals surface area contributed by atoms with Crippen molar-refractivity contribution in [3.63, 3.8) is 0 Å². The molecule has 0 aliphatic carbocycles. The number of nitrogens with zero attached hydrogens (tertiary/aromatic N) is 1. The van der Waals surface area contributed by atoms with Gasteiger partial charge in [0.2, 0.25) is 10.0 Å². The first-order valence-electron chi connectivity index (χ1n) is 12.2. The van der Waals surface area contributed by atoms with Gasteiger partial charge < -0.3 is 5.32 Å². The summed E-state index contributed by atoms with van der Waals surface area (Å²) in [7, 11) is -7.46. The first-order valence-corrected chi connectivity index (χ1v) is 15.9. The number of halogens is 1. The predicted molar refractivity (Wildman–Crippen MR) is 160 cm³/mol. The molecule has 0 aliphatic rings. The lowest BCUT2D eigenvalue weighted by Crippen LogP contribution is -2.29. The fourth-order valence-corrected chi connectivity index (χ4v) is 6.13. The van der Waals surface area contributed by atoms with Crippen molar-refractivity contribution in [2.24, 2.45) is 0 Å². The Morgan fingerprint density at radius 3 is 2.12 bits per heavy atom. The summed E-state index contributed by atoms with van der Waals surface area (Å²) in [6.45, 7) is 3.74. The van der Waals surface area contributed by atoms with Gasteiger partial charge >= 0.3 is 0 Å². The zero-order valence-corrected chi connectivity index (χ0v) is 24.4. The minimum atomic E-state index is -3.83. The number of carbonyl (C=O) groups is 1. The number of carbonyl (C=O) groups excluding carboxylic acids is 1. The van der Waals surface area contributed by atoms with Crippen LogP contribution in [0.5, 0.6) is 0 Å². The number of rotatable bonds is 9. The normalized spacial score (nSPS) is 11.6. The second-order valence-electron chi connectivity index (χ2n) is 9.31. The molecular formula is C29H28ClN3O5S2. The van der Waals surface area contributed by atoms with Gasteiger partial charge in [-0.25, -0.2) is 16.8 Å². The second kappa shape index (κ2) is 11.7. The molecule has 0 spiro atoms. The number of amides is 1. The molecule has 0 saturated heterocycles. The van der Waals surface area contributed by atoms with Gasteiger partial charge in [-0.15, -0.1) is 0 Å². The Kier molecular flexibility index (Phi) is 8.53. The molecule has 0 heterocycles. The van der Waals surface area contributed by atoms with E-state index in [4.69, 9.17) is 11.6 Å². The number of hydrogen-bond donors (Lipinski definition) is 2. The van der Waals surface area contributed by atoms with E-state index in [1.54, 1.807) is 42.5 Å². The molecule has 4 aromatic rings. The Balaban J connectivity index is 1.46. The highest BCUT2D eigenvalue weighted by molar-refractivity contribution is 7.92. The van der Waals surface area contributed by atoms with Crippen LogP contribution in [0.25, 0.3) is 0 Å². The Morgan fingerprint density at radius 2 is 1.50 bits per heavy atom. The molecule has 0 unspecified atom stereocenters. The van der Waals surface area contributed by atoms with E-state index >= 15 is 0 Å². The first kappa shape index (κ1) is 29.1. The number of aryl methyl sites for hydroxylation is 2. The molecule has 8 nitrogen and oxygen atoms in total. The smallest absolute Gasteiger partial charge is 0.261 e. The van der Waals surface area contributed by atoms with Gasteiger partial charge in [-0.1, -0.05) is 41.9 Å². The maximum atomic E-state index is 12.9. The van der Waals surface area contributed by atoms with E-state index in [-0.39, 0.29) is 11.4 Å². The molecule has 11 heteroatoms. The summed E-state index contributed by atoms with van der Waals surface area (Å²) < 4.78 is 54.5. The van der Waals surface area contributed by atoms with Crippen molar-refractivity contribution in [2.45, 2.75) is 25.3 Å². The van der Waals surface area contributed by atoms with Crippen LogP contribution in [-0.4, -0.2) is 29.0 Å². The van der Waals surface area contributed by atoms with Crippen LogP contribution in [0.2, 0.25) is 5.02 Å². The fraction of sp³-hybridized carbons (Fsp3) is 0.138. The standard InChI is InChI=1S/C29H28ClN3O5S2/c1-20-8-9-21(2)28(18-20)32-40(37,38)26-16-12-24(13-17-26)31-29(34)22-10-14-25(15-11-22)33(39(3,35)36)19-23-6-4-5-7-27(23)30/h4-18,32H,19H2,1-3H3,(H,31,34). The number of anilines is 3. The Bertz CT molecular complexity index is 1760. The lowest BCUT2D eigenvalue weighted by molar-refractivity contribution is 0.102. The van der Waals surface area contributed by atoms with Gasteiger partial charge in [0.05, 0.1) is 29.1 Å². The van der Waals surface area contributed by atoms with Crippen molar-refractivity contribution < 1.29 is 21.6 Å². The van der Waals surface area contributed by atoms with Crippen LogP contribution in [0.15, 0.2) is 95.9 Å². The highest BCUT2D eigenvalue weighted by Gasteiger charge is 2.20. The van der Waals surface area contributed by atoms with Crippen LogP contribution in [-0.2, 0) is 26.6 Å². The van der Waals surface area contributed by atoms with Crippen molar-refractivity contribution in [1.29, 1.82) is 0 Å². The Labute approximate surface area is 239 Å². The molecule has 4 aromatic carbocycles. The van der Waals surface area contributed by atoms with Crippen LogP contribution in [0.3, 0.4) is 0 Å². The van der Waals surface area contributed by atoms with E-state index in [1.165, 1.54) is 40.7 Å². The molecular weight excluding hydrogens is 570 g/mol. The van der Waals surface area contributed by atoms with Crippen LogP contribution in [0, 0.1) is 13.8 Å². The summed E-state index contributed by atoms with van der Waals surface area (Å²) in [4.78, 5) is 12.9. The number of sulfonamides is 2. The lowest BCUT2D eigenvalue weighted by atomic mass is 10.1. The number of benzene rings is 4. The Hall–Kier alpha value is -3.86. The van der Waals surface area contributed by atoms with E-state index in [9.17, 15) is 21.6 Å². The van der Waals surface area contributed by atoms with Crippen LogP contribution in [0.1, 0.15) is 27.0 Å². The van der Waals surface area contributed by atoms with Gasteiger partial charge in [0.15, 0.2) is 0 Å². The lowest BCUT2D eigenvalue weighted by Gasteiger charge is -2.23. The molecule has 0 atom stereocenters. The summed E-state index contributed by atoms with van der Waals surface area (Å²) in [5.74, 6) is -0.437. The van der Waals surface area contributed by atoms with Crippen molar-refractivity contribution in [3.05, 3.63) is 118 Å². The summed E-state index contributed by atoms with van der Waals surface area (Å²) in [6.07, 6.45) is 1.10. The average Bonchev–Trinajstić information content (AvgIpc) is 2.90. The zero-order valence-electron chi connectivity index (χ0n) is 22.1. The largest absolute Gasteiger partial charge is 0.322 e. The maximum absolute atomic E-state index is 12.9. The first-order chi connectivity index (χ1) is 18.8.